The van der Waals surface area contributed by atoms with Crippen molar-refractivity contribution in [2.45, 2.75) is 0 Å². The Bertz CT molecular complexity index is 3140. The van der Waals surface area contributed by atoms with E-state index in [1.165, 1.54) is 63.6 Å². The van der Waals surface area contributed by atoms with Crippen LogP contribution in [0.25, 0.3) is 103 Å². The summed E-state index contributed by atoms with van der Waals surface area (Å²) < 4.78 is 4.90. The molecule has 0 N–H and O–H groups in total. The third-order valence-corrected chi connectivity index (χ3v) is 11.4. The molecule has 11 rings (SSSR count). The molecule has 11 aromatic rings. The lowest BCUT2D eigenvalue weighted by Gasteiger charge is -2.13. The van der Waals surface area contributed by atoms with Crippen molar-refractivity contribution in [3.63, 3.8) is 0 Å². The van der Waals surface area contributed by atoms with E-state index in [0.717, 1.165) is 33.2 Å². The topological polar surface area (TPSA) is 30.7 Å². The van der Waals surface area contributed by atoms with Crippen molar-refractivity contribution in [3.05, 3.63) is 164 Å². The second-order valence-electron chi connectivity index (χ2n) is 12.9. The summed E-state index contributed by atoms with van der Waals surface area (Å²) in [5.74, 6) is 0.677. The third kappa shape index (κ3) is 3.91. The zero-order valence-corrected chi connectivity index (χ0v) is 27.7. The SMILES string of the molecule is c1ccc(-c2ccc(-c3nc(-n4c5c6ccccc6ccc5c5c6ccccc6c6c7ccccc7sc6c54)nc4ccccc34)cc2)cc1. The molecule has 3 nitrogen and oxygen atoms in total. The lowest BCUT2D eigenvalue weighted by molar-refractivity contribution is 1.02. The molecule has 0 atom stereocenters. The molecular formula is C46H27N3S. The number of hydrogen-bond acceptors (Lipinski definition) is 3. The minimum atomic E-state index is 0.677. The molecule has 0 saturated carbocycles. The van der Waals surface area contributed by atoms with Crippen molar-refractivity contribution in [1.29, 1.82) is 0 Å². The second-order valence-corrected chi connectivity index (χ2v) is 14.0. The Morgan fingerprint density at radius 2 is 1.02 bits per heavy atom. The van der Waals surface area contributed by atoms with Gasteiger partial charge in [0, 0.05) is 42.6 Å². The standard InChI is InChI=1S/C46H27N3S/c1-2-12-28(13-3-1)29-22-24-31(25-23-29)42-35-18-8-10-20-38(35)47-46(48-42)49-43-32-15-5-4-14-30(32)26-27-37(43)40-33-16-6-7-17-34(33)41-36-19-9-11-21-39(36)50-45(41)44(40)49/h1-27H. The predicted octanol–water partition coefficient (Wildman–Crippen LogP) is 12.7. The first-order chi connectivity index (χ1) is 24.8. The summed E-state index contributed by atoms with van der Waals surface area (Å²) in [7, 11) is 0. The quantitative estimate of drug-likeness (QED) is 0.190. The van der Waals surface area contributed by atoms with E-state index in [0.29, 0.717) is 5.95 Å². The fraction of sp³-hybridized carbons (Fsp3) is 0. The number of para-hydroxylation sites is 1. The van der Waals surface area contributed by atoms with Gasteiger partial charge in [0.05, 0.1) is 26.9 Å². The molecule has 3 heterocycles. The Hall–Kier alpha value is -6.36. The summed E-state index contributed by atoms with van der Waals surface area (Å²) >= 11 is 1.86. The molecule has 0 amide bonds. The van der Waals surface area contributed by atoms with Crippen molar-refractivity contribution < 1.29 is 0 Å². The number of rotatable bonds is 3. The molecule has 0 fully saturated rings. The second kappa shape index (κ2) is 10.6. The minimum absolute atomic E-state index is 0.677. The van der Waals surface area contributed by atoms with Gasteiger partial charge in [-0.2, -0.15) is 0 Å². The fourth-order valence-electron chi connectivity index (χ4n) is 7.97. The number of thiophene rings is 1. The minimum Gasteiger partial charge on any atom is -0.276 e. The van der Waals surface area contributed by atoms with Crippen molar-refractivity contribution in [2.75, 3.05) is 0 Å². The van der Waals surface area contributed by atoms with Gasteiger partial charge in [-0.25, -0.2) is 9.97 Å². The largest absolute Gasteiger partial charge is 0.276 e. The molecule has 0 saturated heterocycles. The molecule has 0 aliphatic heterocycles. The van der Waals surface area contributed by atoms with Crippen molar-refractivity contribution in [2.24, 2.45) is 0 Å². The maximum atomic E-state index is 5.52. The van der Waals surface area contributed by atoms with Gasteiger partial charge in [0.1, 0.15) is 0 Å². The molecule has 4 heteroatoms. The molecule has 0 radical (unpaired) electrons. The van der Waals surface area contributed by atoms with E-state index in [4.69, 9.17) is 9.97 Å². The summed E-state index contributed by atoms with van der Waals surface area (Å²) in [6.07, 6.45) is 0. The smallest absolute Gasteiger partial charge is 0.235 e. The van der Waals surface area contributed by atoms with Gasteiger partial charge in [-0.05, 0) is 39.4 Å². The highest BCUT2D eigenvalue weighted by Crippen LogP contribution is 2.48. The number of fused-ring (bicyclic) bond motifs is 13. The van der Waals surface area contributed by atoms with Crippen LogP contribution in [-0.4, -0.2) is 14.5 Å². The highest BCUT2D eigenvalue weighted by molar-refractivity contribution is 7.27. The van der Waals surface area contributed by atoms with Crippen LogP contribution in [0.1, 0.15) is 0 Å². The average Bonchev–Trinajstić information content (AvgIpc) is 3.75. The molecule has 0 bridgehead atoms. The first-order valence-corrected chi connectivity index (χ1v) is 17.7. The summed E-state index contributed by atoms with van der Waals surface area (Å²) in [5.41, 5.74) is 7.58. The Balaban J connectivity index is 1.31. The first kappa shape index (κ1) is 27.6. The van der Waals surface area contributed by atoms with Crippen LogP contribution in [-0.2, 0) is 0 Å². The normalized spacial score (nSPS) is 12.0. The van der Waals surface area contributed by atoms with E-state index in [1.54, 1.807) is 0 Å². The number of hydrogen-bond donors (Lipinski definition) is 0. The zero-order valence-electron chi connectivity index (χ0n) is 26.8. The van der Waals surface area contributed by atoms with Gasteiger partial charge in [0.15, 0.2) is 0 Å². The first-order valence-electron chi connectivity index (χ1n) is 16.9. The van der Waals surface area contributed by atoms with E-state index in [9.17, 15) is 0 Å². The van der Waals surface area contributed by atoms with Crippen LogP contribution in [0, 0.1) is 0 Å². The van der Waals surface area contributed by atoms with Crippen LogP contribution in [0.5, 0.6) is 0 Å². The van der Waals surface area contributed by atoms with E-state index in [1.807, 2.05) is 11.3 Å². The average molecular weight is 654 g/mol. The zero-order chi connectivity index (χ0) is 32.8. The molecule has 8 aromatic carbocycles. The molecule has 3 aromatic heterocycles. The molecular weight excluding hydrogens is 627 g/mol. The molecule has 50 heavy (non-hydrogen) atoms. The number of benzene rings is 8. The summed E-state index contributed by atoms with van der Waals surface area (Å²) in [6, 6.07) is 58.6. The summed E-state index contributed by atoms with van der Waals surface area (Å²) in [6.45, 7) is 0. The molecule has 0 aliphatic carbocycles. The Morgan fingerprint density at radius 1 is 0.400 bits per heavy atom. The highest BCUT2D eigenvalue weighted by atomic mass is 32.1. The Kier molecular flexibility index (Phi) is 5.83. The van der Waals surface area contributed by atoms with Crippen LogP contribution in [0.15, 0.2) is 164 Å². The van der Waals surface area contributed by atoms with Gasteiger partial charge in [-0.1, -0.05) is 152 Å². The van der Waals surface area contributed by atoms with Crippen molar-refractivity contribution in [1.82, 2.24) is 14.5 Å². The number of nitrogens with zero attached hydrogens (tertiary/aromatic N) is 3. The Morgan fingerprint density at radius 3 is 1.84 bits per heavy atom. The van der Waals surface area contributed by atoms with E-state index in [-0.39, 0.29) is 0 Å². The van der Waals surface area contributed by atoms with Gasteiger partial charge in [-0.15, -0.1) is 11.3 Å². The van der Waals surface area contributed by atoms with Gasteiger partial charge in [0.2, 0.25) is 5.95 Å². The van der Waals surface area contributed by atoms with E-state index >= 15 is 0 Å². The van der Waals surface area contributed by atoms with E-state index < -0.39 is 0 Å². The van der Waals surface area contributed by atoms with Crippen LogP contribution >= 0.6 is 11.3 Å². The van der Waals surface area contributed by atoms with Crippen LogP contribution in [0.2, 0.25) is 0 Å². The molecule has 232 valence electrons. The van der Waals surface area contributed by atoms with Gasteiger partial charge in [0.25, 0.3) is 0 Å². The van der Waals surface area contributed by atoms with Crippen LogP contribution in [0.3, 0.4) is 0 Å². The third-order valence-electron chi connectivity index (χ3n) is 10.2. The molecule has 0 spiro atoms. The fourth-order valence-corrected chi connectivity index (χ4v) is 9.23. The highest BCUT2D eigenvalue weighted by Gasteiger charge is 2.24. The summed E-state index contributed by atoms with van der Waals surface area (Å²) in [4.78, 5) is 10.9. The van der Waals surface area contributed by atoms with Crippen molar-refractivity contribution in [3.8, 4) is 28.3 Å². The van der Waals surface area contributed by atoms with Crippen molar-refractivity contribution >= 4 is 85.8 Å². The Labute approximate surface area is 291 Å². The lowest BCUT2D eigenvalue weighted by atomic mass is 9.98. The maximum Gasteiger partial charge on any atom is 0.235 e. The van der Waals surface area contributed by atoms with Crippen LogP contribution in [0.4, 0.5) is 0 Å². The predicted molar refractivity (Wildman–Crippen MR) is 213 cm³/mol. The molecule has 0 unspecified atom stereocenters. The monoisotopic (exact) mass is 653 g/mol. The van der Waals surface area contributed by atoms with Gasteiger partial charge >= 0.3 is 0 Å². The lowest BCUT2D eigenvalue weighted by Crippen LogP contribution is -2.04. The molecule has 0 aliphatic rings. The van der Waals surface area contributed by atoms with Gasteiger partial charge in [-0.3, -0.25) is 4.57 Å². The van der Waals surface area contributed by atoms with Crippen LogP contribution < -0.4 is 0 Å². The number of aromatic nitrogens is 3. The summed E-state index contributed by atoms with van der Waals surface area (Å²) in [5, 5.41) is 11.0. The van der Waals surface area contributed by atoms with Gasteiger partial charge < -0.3 is 0 Å². The maximum absolute atomic E-state index is 5.52. The van der Waals surface area contributed by atoms with E-state index in [2.05, 4.69) is 168 Å².